The van der Waals surface area contributed by atoms with Gasteiger partial charge in [-0.1, -0.05) is 0 Å². The van der Waals surface area contributed by atoms with E-state index < -0.39 is 5.60 Å². The van der Waals surface area contributed by atoms with Gasteiger partial charge in [0.1, 0.15) is 5.60 Å². The zero-order valence-electron chi connectivity index (χ0n) is 15.1. The summed E-state index contributed by atoms with van der Waals surface area (Å²) in [4.78, 5) is 14.5. The van der Waals surface area contributed by atoms with E-state index in [0.717, 1.165) is 19.5 Å². The molecule has 1 aliphatic carbocycles. The van der Waals surface area contributed by atoms with E-state index in [9.17, 15) is 9.90 Å². The Hall–Kier alpha value is -0.850. The van der Waals surface area contributed by atoms with Gasteiger partial charge >= 0.3 is 6.09 Å². The molecule has 2 fully saturated rings. The molecule has 1 aliphatic heterocycles. The molecule has 0 radical (unpaired) electrons. The molecule has 23 heavy (non-hydrogen) atoms. The van der Waals surface area contributed by atoms with Crippen molar-refractivity contribution in [3.05, 3.63) is 0 Å². The highest BCUT2D eigenvalue weighted by atomic mass is 16.6. The lowest BCUT2D eigenvalue weighted by atomic mass is 9.86. The van der Waals surface area contributed by atoms with E-state index in [2.05, 4.69) is 24.1 Å². The quantitative estimate of drug-likeness (QED) is 0.810. The van der Waals surface area contributed by atoms with E-state index in [-0.39, 0.29) is 29.9 Å². The Morgan fingerprint density at radius 1 is 1.35 bits per heavy atom. The second kappa shape index (κ2) is 6.95. The van der Waals surface area contributed by atoms with Crippen molar-refractivity contribution in [2.45, 2.75) is 83.3 Å². The lowest BCUT2D eigenvalue weighted by Gasteiger charge is -2.47. The van der Waals surface area contributed by atoms with Gasteiger partial charge < -0.3 is 19.9 Å². The van der Waals surface area contributed by atoms with E-state index in [1.54, 1.807) is 0 Å². The number of hydrogen-bond donors (Lipinski definition) is 2. The molecular weight excluding hydrogens is 296 g/mol. The van der Waals surface area contributed by atoms with Gasteiger partial charge in [0.05, 0.1) is 18.3 Å². The van der Waals surface area contributed by atoms with Crippen LogP contribution in [0.2, 0.25) is 0 Å². The van der Waals surface area contributed by atoms with Crippen LogP contribution >= 0.6 is 0 Å². The molecule has 1 saturated heterocycles. The molecule has 3 atom stereocenters. The first-order valence-electron chi connectivity index (χ1n) is 8.61. The standard InChI is InChI=1S/C17H32N2O4/c1-16(2,3)23-15(21)18-13-7-6-12(20)10-14(13)19-8-9-22-17(4,5)11-19/h12-14,20H,6-11H2,1-5H3,(H,18,21). The molecule has 0 bridgehead atoms. The minimum absolute atomic E-state index is 0.00199. The van der Waals surface area contributed by atoms with Gasteiger partial charge in [-0.2, -0.15) is 0 Å². The van der Waals surface area contributed by atoms with Crippen LogP contribution in [0.1, 0.15) is 53.9 Å². The summed E-state index contributed by atoms with van der Waals surface area (Å²) in [5.74, 6) is 0. The van der Waals surface area contributed by atoms with Gasteiger partial charge in [0.25, 0.3) is 0 Å². The van der Waals surface area contributed by atoms with Gasteiger partial charge in [-0.3, -0.25) is 4.90 Å². The third-order valence-corrected chi connectivity index (χ3v) is 4.42. The summed E-state index contributed by atoms with van der Waals surface area (Å²) < 4.78 is 11.2. The maximum absolute atomic E-state index is 12.1. The maximum atomic E-state index is 12.1. The SMILES string of the molecule is CC(C)(C)OC(=O)NC1CCC(O)CC1N1CCOC(C)(C)C1. The lowest BCUT2D eigenvalue weighted by Crippen LogP contribution is -2.61. The van der Waals surface area contributed by atoms with Crippen molar-refractivity contribution in [3.8, 4) is 0 Å². The molecule has 134 valence electrons. The van der Waals surface area contributed by atoms with E-state index >= 15 is 0 Å². The monoisotopic (exact) mass is 328 g/mol. The normalized spacial score (nSPS) is 32.3. The average Bonchev–Trinajstić information content (AvgIpc) is 2.37. The van der Waals surface area contributed by atoms with Crippen LogP contribution in [0.15, 0.2) is 0 Å². The summed E-state index contributed by atoms with van der Waals surface area (Å²) in [6.45, 7) is 12.0. The molecule has 0 aromatic rings. The second-order valence-electron chi connectivity index (χ2n) is 8.37. The first-order valence-corrected chi connectivity index (χ1v) is 8.61. The number of nitrogens with one attached hydrogen (secondary N) is 1. The van der Waals surface area contributed by atoms with Crippen molar-refractivity contribution >= 4 is 6.09 Å². The van der Waals surface area contributed by atoms with Crippen molar-refractivity contribution < 1.29 is 19.4 Å². The molecule has 2 aliphatic rings. The van der Waals surface area contributed by atoms with Gasteiger partial charge in [0.2, 0.25) is 0 Å². The Morgan fingerprint density at radius 2 is 2.04 bits per heavy atom. The van der Waals surface area contributed by atoms with Crippen LogP contribution in [0.5, 0.6) is 0 Å². The third kappa shape index (κ3) is 5.62. The Bertz CT molecular complexity index is 419. The van der Waals surface area contributed by atoms with Crippen molar-refractivity contribution in [1.29, 1.82) is 0 Å². The van der Waals surface area contributed by atoms with Gasteiger partial charge in [-0.25, -0.2) is 4.79 Å². The van der Waals surface area contributed by atoms with E-state index in [0.29, 0.717) is 19.4 Å². The Labute approximate surface area is 139 Å². The van der Waals surface area contributed by atoms with Crippen molar-refractivity contribution in [2.75, 3.05) is 19.7 Å². The number of rotatable bonds is 2. The average molecular weight is 328 g/mol. The predicted octanol–water partition coefficient (Wildman–Crippen LogP) is 1.90. The fourth-order valence-corrected chi connectivity index (χ4v) is 3.49. The lowest BCUT2D eigenvalue weighted by molar-refractivity contribution is -0.109. The van der Waals surface area contributed by atoms with Crippen LogP contribution in [0.3, 0.4) is 0 Å². The van der Waals surface area contributed by atoms with Gasteiger partial charge in [0, 0.05) is 25.2 Å². The zero-order valence-corrected chi connectivity index (χ0v) is 15.1. The largest absolute Gasteiger partial charge is 0.444 e. The molecule has 2 N–H and O–H groups in total. The summed E-state index contributed by atoms with van der Waals surface area (Å²) in [6.07, 6.45) is 1.48. The van der Waals surface area contributed by atoms with Crippen LogP contribution in [0.4, 0.5) is 4.79 Å². The molecule has 6 nitrogen and oxygen atoms in total. The molecule has 3 unspecified atom stereocenters. The summed E-state index contributed by atoms with van der Waals surface area (Å²) in [5.41, 5.74) is -0.703. The molecule has 0 aromatic heterocycles. The predicted molar refractivity (Wildman–Crippen MR) is 88.4 cm³/mol. The third-order valence-electron chi connectivity index (χ3n) is 4.42. The van der Waals surface area contributed by atoms with Crippen molar-refractivity contribution in [3.63, 3.8) is 0 Å². The Morgan fingerprint density at radius 3 is 2.65 bits per heavy atom. The smallest absolute Gasteiger partial charge is 0.407 e. The Balaban J connectivity index is 2.02. The van der Waals surface area contributed by atoms with Crippen LogP contribution in [0, 0.1) is 0 Å². The number of carbonyl (C=O) groups excluding carboxylic acids is 1. The minimum Gasteiger partial charge on any atom is -0.444 e. The Kier molecular flexibility index (Phi) is 5.59. The van der Waals surface area contributed by atoms with E-state index in [4.69, 9.17) is 9.47 Å². The first kappa shape index (κ1) is 18.5. The molecule has 2 rings (SSSR count). The molecule has 1 saturated carbocycles. The number of ether oxygens (including phenoxy) is 2. The molecule has 1 heterocycles. The highest BCUT2D eigenvalue weighted by Gasteiger charge is 2.39. The number of amides is 1. The minimum atomic E-state index is -0.505. The maximum Gasteiger partial charge on any atom is 0.407 e. The van der Waals surface area contributed by atoms with Gasteiger partial charge in [-0.15, -0.1) is 0 Å². The summed E-state index contributed by atoms with van der Waals surface area (Å²) in [5, 5.41) is 13.1. The number of aliphatic hydroxyl groups is 1. The first-order chi connectivity index (χ1) is 10.6. The number of hydrogen-bond acceptors (Lipinski definition) is 5. The van der Waals surface area contributed by atoms with Crippen LogP contribution in [0.25, 0.3) is 0 Å². The van der Waals surface area contributed by atoms with Crippen LogP contribution in [-0.2, 0) is 9.47 Å². The topological polar surface area (TPSA) is 71.0 Å². The fourth-order valence-electron chi connectivity index (χ4n) is 3.49. The number of alkyl carbamates (subject to hydrolysis) is 1. The van der Waals surface area contributed by atoms with E-state index in [1.165, 1.54) is 0 Å². The van der Waals surface area contributed by atoms with Crippen molar-refractivity contribution in [2.24, 2.45) is 0 Å². The van der Waals surface area contributed by atoms with Gasteiger partial charge in [0.15, 0.2) is 0 Å². The molecule has 1 amide bonds. The summed E-state index contributed by atoms with van der Waals surface area (Å²) >= 11 is 0. The number of carbonyl (C=O) groups is 1. The van der Waals surface area contributed by atoms with Gasteiger partial charge in [-0.05, 0) is 53.9 Å². The highest BCUT2D eigenvalue weighted by molar-refractivity contribution is 5.68. The highest BCUT2D eigenvalue weighted by Crippen LogP contribution is 2.28. The fraction of sp³-hybridized carbons (Fsp3) is 0.941. The molecule has 0 aromatic carbocycles. The number of aliphatic hydroxyl groups excluding tert-OH is 1. The summed E-state index contributed by atoms with van der Waals surface area (Å²) in [7, 11) is 0. The zero-order chi connectivity index (χ0) is 17.3. The summed E-state index contributed by atoms with van der Waals surface area (Å²) in [6, 6.07) is 0.122. The van der Waals surface area contributed by atoms with Crippen LogP contribution in [-0.4, -0.2) is 65.2 Å². The van der Waals surface area contributed by atoms with E-state index in [1.807, 2.05) is 20.8 Å². The molecule has 6 heteroatoms. The molecular formula is C17H32N2O4. The second-order valence-corrected chi connectivity index (χ2v) is 8.37. The van der Waals surface area contributed by atoms with Crippen molar-refractivity contribution in [1.82, 2.24) is 10.2 Å². The number of morpholine rings is 1. The molecule has 0 spiro atoms. The number of nitrogens with zero attached hydrogens (tertiary/aromatic N) is 1. The van der Waals surface area contributed by atoms with Crippen LogP contribution < -0.4 is 5.32 Å².